The highest BCUT2D eigenvalue weighted by Gasteiger charge is 2.20. The molecule has 0 aromatic heterocycles. The van der Waals surface area contributed by atoms with Crippen molar-refractivity contribution in [3.8, 4) is 11.5 Å². The van der Waals surface area contributed by atoms with Crippen LogP contribution >= 0.6 is 31.9 Å². The molecule has 0 saturated heterocycles. The molecule has 4 rings (SSSR count). The molecule has 0 saturated carbocycles. The summed E-state index contributed by atoms with van der Waals surface area (Å²) in [5.41, 5.74) is 2.80. The largest absolute Gasteiger partial charge is 0.494 e. The first kappa shape index (κ1) is 29.6. The van der Waals surface area contributed by atoms with E-state index in [9.17, 15) is 13.2 Å². The van der Waals surface area contributed by atoms with E-state index in [-0.39, 0.29) is 23.8 Å². The second-order valence-corrected chi connectivity index (χ2v) is 12.2. The fourth-order valence-electron chi connectivity index (χ4n) is 4.04. The topological polar surface area (TPSA) is 93.7 Å². The first-order valence-corrected chi connectivity index (χ1v) is 15.5. The number of methoxy groups -OCH3 is 1. The maximum absolute atomic E-state index is 13.2. The summed E-state index contributed by atoms with van der Waals surface area (Å²) in [6.45, 7) is 0.577. The Morgan fingerprint density at radius 1 is 0.850 bits per heavy atom. The fourth-order valence-corrected chi connectivity index (χ4v) is 6.78. The number of sulfonamides is 1. The molecule has 208 valence electrons. The number of carbonyl (C=O) groups is 1. The van der Waals surface area contributed by atoms with Gasteiger partial charge in [-0.2, -0.15) is 0 Å². The average molecular weight is 688 g/mol. The Labute approximate surface area is 251 Å². The molecular formula is C30H28Br2N2O5S. The van der Waals surface area contributed by atoms with Crippen LogP contribution in [0.4, 0.5) is 5.69 Å². The minimum Gasteiger partial charge on any atom is -0.494 e. The van der Waals surface area contributed by atoms with Crippen LogP contribution in [0.25, 0.3) is 0 Å². The molecule has 0 aliphatic carbocycles. The second kappa shape index (κ2) is 13.8. The second-order valence-electron chi connectivity index (χ2n) is 8.85. The molecule has 10 heteroatoms. The molecule has 0 radical (unpaired) electrons. The van der Waals surface area contributed by atoms with Crippen LogP contribution in [0, 0.1) is 0 Å². The maximum atomic E-state index is 13.2. The van der Waals surface area contributed by atoms with E-state index in [1.165, 1.54) is 12.1 Å². The summed E-state index contributed by atoms with van der Waals surface area (Å²) in [6.07, 6.45) is 0.561. The molecule has 4 aromatic rings. The molecule has 0 heterocycles. The van der Waals surface area contributed by atoms with Crippen molar-refractivity contribution in [2.24, 2.45) is 0 Å². The van der Waals surface area contributed by atoms with Gasteiger partial charge in [0.1, 0.15) is 18.1 Å². The predicted molar refractivity (Wildman–Crippen MR) is 163 cm³/mol. The van der Waals surface area contributed by atoms with Crippen molar-refractivity contribution in [1.82, 2.24) is 5.32 Å². The van der Waals surface area contributed by atoms with Gasteiger partial charge in [-0.25, -0.2) is 8.42 Å². The van der Waals surface area contributed by atoms with E-state index in [4.69, 9.17) is 9.47 Å². The Bertz CT molecular complexity index is 1540. The molecule has 4 aromatic carbocycles. The summed E-state index contributed by atoms with van der Waals surface area (Å²) in [5.74, 6) is 0.899. The Kier molecular flexibility index (Phi) is 10.2. The lowest BCUT2D eigenvalue weighted by molar-refractivity contribution is -0.120. The van der Waals surface area contributed by atoms with Gasteiger partial charge in [0.2, 0.25) is 5.91 Å². The number of amides is 1. The van der Waals surface area contributed by atoms with Gasteiger partial charge in [0.15, 0.2) is 0 Å². The minimum absolute atomic E-state index is 0.143. The SMILES string of the molecule is COc1c(Br)cc(CC(=O)NCCc2cccc(OCc3ccccc3)c2NS(=O)(=O)c2ccccc2)cc1Br. The Balaban J connectivity index is 1.50. The zero-order valence-corrected chi connectivity index (χ0v) is 25.7. The van der Waals surface area contributed by atoms with E-state index in [0.29, 0.717) is 35.7 Å². The number of hydrogen-bond donors (Lipinski definition) is 2. The van der Waals surface area contributed by atoms with Crippen LogP contribution in [0.15, 0.2) is 105 Å². The van der Waals surface area contributed by atoms with Gasteiger partial charge < -0.3 is 14.8 Å². The summed E-state index contributed by atoms with van der Waals surface area (Å²) in [5, 5.41) is 2.93. The summed E-state index contributed by atoms with van der Waals surface area (Å²) in [7, 11) is -2.30. The van der Waals surface area contributed by atoms with Crippen LogP contribution in [0.1, 0.15) is 16.7 Å². The minimum atomic E-state index is -3.87. The van der Waals surface area contributed by atoms with Crippen LogP contribution in [0.2, 0.25) is 0 Å². The Morgan fingerprint density at radius 3 is 2.15 bits per heavy atom. The molecule has 0 fully saturated rings. The van der Waals surface area contributed by atoms with Crippen LogP contribution in [0.5, 0.6) is 11.5 Å². The molecule has 40 heavy (non-hydrogen) atoms. The molecule has 0 bridgehead atoms. The third kappa shape index (κ3) is 7.87. The average Bonchev–Trinajstić information content (AvgIpc) is 2.94. The van der Waals surface area contributed by atoms with E-state index >= 15 is 0 Å². The van der Waals surface area contributed by atoms with Crippen LogP contribution < -0.4 is 19.5 Å². The van der Waals surface area contributed by atoms with Crippen LogP contribution in [-0.4, -0.2) is 28.0 Å². The standard InChI is InChI=1S/C30H28Br2N2O5S/c1-38-30-25(31)17-22(18-26(30)32)19-28(35)33-16-15-23-11-8-14-27(39-20-21-9-4-2-5-10-21)29(23)34-40(36,37)24-12-6-3-7-13-24/h2-14,17-18,34H,15-16,19-20H2,1H3,(H,33,35). The zero-order valence-electron chi connectivity index (χ0n) is 21.7. The van der Waals surface area contributed by atoms with Gasteiger partial charge in [-0.1, -0.05) is 60.7 Å². The van der Waals surface area contributed by atoms with E-state index in [0.717, 1.165) is 20.1 Å². The number of para-hydroxylation sites is 1. The third-order valence-corrected chi connectivity index (χ3v) is 8.53. The van der Waals surface area contributed by atoms with Gasteiger partial charge >= 0.3 is 0 Å². The molecule has 0 atom stereocenters. The first-order valence-electron chi connectivity index (χ1n) is 12.4. The Morgan fingerprint density at radius 2 is 1.50 bits per heavy atom. The lowest BCUT2D eigenvalue weighted by Crippen LogP contribution is -2.27. The molecule has 7 nitrogen and oxygen atoms in total. The quantitative estimate of drug-likeness (QED) is 0.177. The van der Waals surface area contributed by atoms with Gasteiger partial charge in [-0.05, 0) is 85.3 Å². The normalized spacial score (nSPS) is 11.1. The molecule has 1 amide bonds. The van der Waals surface area contributed by atoms with Crippen LogP contribution in [-0.2, 0) is 34.3 Å². The molecule has 0 spiro atoms. The summed E-state index contributed by atoms with van der Waals surface area (Å²) in [4.78, 5) is 12.8. The van der Waals surface area contributed by atoms with Gasteiger partial charge in [-0.3, -0.25) is 9.52 Å². The van der Waals surface area contributed by atoms with E-state index in [1.54, 1.807) is 31.4 Å². The predicted octanol–water partition coefficient (Wildman–Crippen LogP) is 6.50. The van der Waals surface area contributed by atoms with E-state index in [2.05, 4.69) is 41.9 Å². The number of rotatable bonds is 12. The molecule has 2 N–H and O–H groups in total. The lowest BCUT2D eigenvalue weighted by atomic mass is 10.1. The van der Waals surface area contributed by atoms with Crippen LogP contribution in [0.3, 0.4) is 0 Å². The fraction of sp³-hybridized carbons (Fsp3) is 0.167. The van der Waals surface area contributed by atoms with Gasteiger partial charge in [0, 0.05) is 6.54 Å². The number of carbonyl (C=O) groups excluding carboxylic acids is 1. The molecular weight excluding hydrogens is 660 g/mol. The number of ether oxygens (including phenoxy) is 2. The molecule has 0 aliphatic heterocycles. The number of halogens is 2. The summed E-state index contributed by atoms with van der Waals surface area (Å²) < 4.78 is 42.0. The highest BCUT2D eigenvalue weighted by molar-refractivity contribution is 9.11. The van der Waals surface area contributed by atoms with Crippen molar-refractivity contribution in [3.05, 3.63) is 117 Å². The monoisotopic (exact) mass is 686 g/mol. The zero-order chi connectivity index (χ0) is 28.5. The molecule has 0 unspecified atom stereocenters. The number of nitrogens with one attached hydrogen (secondary N) is 2. The summed E-state index contributed by atoms with van der Waals surface area (Å²) >= 11 is 6.92. The van der Waals surface area contributed by atoms with Crippen molar-refractivity contribution in [3.63, 3.8) is 0 Å². The lowest BCUT2D eigenvalue weighted by Gasteiger charge is -2.18. The van der Waals surface area contributed by atoms with Gasteiger partial charge in [-0.15, -0.1) is 0 Å². The van der Waals surface area contributed by atoms with Crippen molar-refractivity contribution in [1.29, 1.82) is 0 Å². The van der Waals surface area contributed by atoms with E-state index < -0.39 is 10.0 Å². The van der Waals surface area contributed by atoms with Gasteiger partial charge in [0.25, 0.3) is 10.0 Å². The highest BCUT2D eigenvalue weighted by atomic mass is 79.9. The third-order valence-electron chi connectivity index (χ3n) is 5.98. The number of benzene rings is 4. The smallest absolute Gasteiger partial charge is 0.262 e. The first-order chi connectivity index (χ1) is 19.3. The maximum Gasteiger partial charge on any atom is 0.262 e. The van der Waals surface area contributed by atoms with E-state index in [1.807, 2.05) is 54.6 Å². The van der Waals surface area contributed by atoms with Crippen molar-refractivity contribution >= 4 is 53.5 Å². The highest BCUT2D eigenvalue weighted by Crippen LogP contribution is 2.35. The van der Waals surface area contributed by atoms with Crippen molar-refractivity contribution in [2.75, 3.05) is 18.4 Å². The number of anilines is 1. The van der Waals surface area contributed by atoms with Crippen molar-refractivity contribution < 1.29 is 22.7 Å². The van der Waals surface area contributed by atoms with Crippen molar-refractivity contribution in [2.45, 2.75) is 24.3 Å². The Hall–Kier alpha value is -3.34. The molecule has 0 aliphatic rings. The van der Waals surface area contributed by atoms with Gasteiger partial charge in [0.05, 0.1) is 33.1 Å². The number of hydrogen-bond acceptors (Lipinski definition) is 5. The summed E-state index contributed by atoms with van der Waals surface area (Å²) in [6, 6.07) is 26.8.